The lowest BCUT2D eigenvalue weighted by Crippen LogP contribution is -2.20. The summed E-state index contributed by atoms with van der Waals surface area (Å²) in [5.41, 5.74) is 1.21. The van der Waals surface area contributed by atoms with E-state index in [4.69, 9.17) is 16.0 Å². The Morgan fingerprint density at radius 1 is 1.27 bits per heavy atom. The molecule has 0 atom stereocenters. The van der Waals surface area contributed by atoms with Crippen LogP contribution in [0, 0.1) is 0 Å². The fourth-order valence-electron chi connectivity index (χ4n) is 3.60. The Hall–Kier alpha value is -2.62. The molecule has 5 nitrogen and oxygen atoms in total. The van der Waals surface area contributed by atoms with Gasteiger partial charge in [0.2, 0.25) is 0 Å². The van der Waals surface area contributed by atoms with Crippen LogP contribution >= 0.6 is 22.9 Å². The molecule has 0 spiro atoms. The van der Waals surface area contributed by atoms with Gasteiger partial charge in [0.05, 0.1) is 23.2 Å². The van der Waals surface area contributed by atoms with Crippen molar-refractivity contribution in [1.29, 1.82) is 0 Å². The fraction of sp³-hybridized carbons (Fsp3) is 0.200. The average Bonchev–Trinajstić information content (AvgIpc) is 3.46. The quantitative estimate of drug-likeness (QED) is 0.404. The van der Waals surface area contributed by atoms with Gasteiger partial charge in [0.1, 0.15) is 10.6 Å². The molecule has 0 amide bonds. The Morgan fingerprint density at radius 3 is 2.83 bits per heavy atom. The summed E-state index contributed by atoms with van der Waals surface area (Å²) in [6.45, 7) is 1.79. The molecule has 4 aromatic heterocycles. The lowest BCUT2D eigenvalue weighted by atomic mass is 10.1. The van der Waals surface area contributed by atoms with Crippen molar-refractivity contribution in [2.24, 2.45) is 0 Å². The standard InChI is InChI=1S/C20H14ClF3N4OS/c21-17-15(13-2-5-29-11-13)10-28-9-14(26-18(28)16(17)20(22,23)24)8-27-4-1-12(7-27)19-25-3-6-30-19/h1-3,5-6,9-11H,4,7-8H2. The summed E-state index contributed by atoms with van der Waals surface area (Å²) in [4.78, 5) is 10.7. The summed E-state index contributed by atoms with van der Waals surface area (Å²) in [5, 5.41) is 2.49. The largest absolute Gasteiger partial charge is 0.472 e. The van der Waals surface area contributed by atoms with E-state index in [-0.39, 0.29) is 16.2 Å². The molecule has 1 aliphatic heterocycles. The van der Waals surface area contributed by atoms with Gasteiger partial charge in [-0.15, -0.1) is 11.3 Å². The van der Waals surface area contributed by atoms with Crippen molar-refractivity contribution < 1.29 is 17.6 Å². The van der Waals surface area contributed by atoms with E-state index in [1.165, 1.54) is 16.9 Å². The van der Waals surface area contributed by atoms with Gasteiger partial charge in [0.25, 0.3) is 0 Å². The Morgan fingerprint density at radius 2 is 2.13 bits per heavy atom. The number of aromatic nitrogens is 3. The molecule has 0 aromatic carbocycles. The number of alkyl halides is 3. The maximum absolute atomic E-state index is 13.8. The zero-order valence-corrected chi connectivity index (χ0v) is 16.9. The van der Waals surface area contributed by atoms with E-state index in [1.54, 1.807) is 36.0 Å². The van der Waals surface area contributed by atoms with Crippen LogP contribution in [0.2, 0.25) is 5.02 Å². The molecule has 0 fully saturated rings. The van der Waals surface area contributed by atoms with Crippen molar-refractivity contribution in [2.75, 3.05) is 13.1 Å². The third-order valence-electron chi connectivity index (χ3n) is 4.93. The minimum Gasteiger partial charge on any atom is -0.472 e. The lowest BCUT2D eigenvalue weighted by Gasteiger charge is -2.13. The van der Waals surface area contributed by atoms with Gasteiger partial charge in [0, 0.05) is 54.7 Å². The van der Waals surface area contributed by atoms with Crippen molar-refractivity contribution in [3.63, 3.8) is 0 Å². The molecule has 30 heavy (non-hydrogen) atoms. The third-order valence-corrected chi connectivity index (χ3v) is 6.17. The zero-order valence-electron chi connectivity index (χ0n) is 15.4. The topological polar surface area (TPSA) is 46.6 Å². The highest BCUT2D eigenvalue weighted by Gasteiger charge is 2.38. The molecular weight excluding hydrogens is 437 g/mol. The molecule has 1 aliphatic rings. The van der Waals surface area contributed by atoms with Gasteiger partial charge in [-0.05, 0) is 11.6 Å². The molecule has 0 radical (unpaired) electrons. The molecule has 0 bridgehead atoms. The molecule has 0 saturated carbocycles. The van der Waals surface area contributed by atoms with Crippen molar-refractivity contribution >= 4 is 34.2 Å². The number of hydrogen-bond acceptors (Lipinski definition) is 5. The maximum atomic E-state index is 13.8. The summed E-state index contributed by atoms with van der Waals surface area (Å²) in [7, 11) is 0. The second-order valence-corrected chi connectivity index (χ2v) is 8.21. The second-order valence-electron chi connectivity index (χ2n) is 6.94. The van der Waals surface area contributed by atoms with E-state index >= 15 is 0 Å². The first-order chi connectivity index (χ1) is 14.4. The minimum absolute atomic E-state index is 0.206. The van der Waals surface area contributed by atoms with Crippen LogP contribution < -0.4 is 0 Å². The van der Waals surface area contributed by atoms with Crippen molar-refractivity contribution in [1.82, 2.24) is 19.3 Å². The first-order valence-electron chi connectivity index (χ1n) is 9.01. The second kappa shape index (κ2) is 7.26. The van der Waals surface area contributed by atoms with Crippen LogP contribution in [0.1, 0.15) is 16.3 Å². The van der Waals surface area contributed by atoms with E-state index in [1.807, 2.05) is 5.38 Å². The van der Waals surface area contributed by atoms with Gasteiger partial charge < -0.3 is 8.82 Å². The van der Waals surface area contributed by atoms with Crippen LogP contribution in [0.3, 0.4) is 0 Å². The van der Waals surface area contributed by atoms with Crippen LogP contribution in [0.15, 0.2) is 53.1 Å². The maximum Gasteiger partial charge on any atom is 0.421 e. The Kier molecular flexibility index (Phi) is 4.68. The molecule has 5 heterocycles. The van der Waals surface area contributed by atoms with E-state index in [0.717, 1.165) is 10.6 Å². The van der Waals surface area contributed by atoms with E-state index in [0.29, 0.717) is 30.9 Å². The van der Waals surface area contributed by atoms with Crippen molar-refractivity contribution in [2.45, 2.75) is 12.7 Å². The predicted molar refractivity (Wildman–Crippen MR) is 108 cm³/mol. The smallest absolute Gasteiger partial charge is 0.421 e. The highest BCUT2D eigenvalue weighted by atomic mass is 35.5. The third kappa shape index (κ3) is 3.42. The number of thiazole rings is 1. The zero-order chi connectivity index (χ0) is 20.9. The molecule has 10 heteroatoms. The predicted octanol–water partition coefficient (Wildman–Crippen LogP) is 5.62. The summed E-state index contributed by atoms with van der Waals surface area (Å²) in [6, 6.07) is 1.57. The Balaban J connectivity index is 1.50. The first-order valence-corrected chi connectivity index (χ1v) is 10.3. The fourth-order valence-corrected chi connectivity index (χ4v) is 4.62. The van der Waals surface area contributed by atoms with Crippen LogP contribution in [0.5, 0.6) is 0 Å². The summed E-state index contributed by atoms with van der Waals surface area (Å²) in [6.07, 6.45) is 5.12. The summed E-state index contributed by atoms with van der Waals surface area (Å²) in [5.74, 6) is 0. The average molecular weight is 451 g/mol. The number of fused-ring (bicyclic) bond motifs is 1. The van der Waals surface area contributed by atoms with Crippen molar-refractivity contribution in [3.05, 3.63) is 69.9 Å². The van der Waals surface area contributed by atoms with Gasteiger partial charge in [-0.25, -0.2) is 9.97 Å². The Bertz CT molecular complexity index is 1230. The highest BCUT2D eigenvalue weighted by Crippen LogP contribution is 2.42. The van der Waals surface area contributed by atoms with Gasteiger partial charge in [0.15, 0.2) is 5.65 Å². The van der Waals surface area contributed by atoms with Crippen LogP contribution in [0.25, 0.3) is 22.3 Å². The first kappa shape index (κ1) is 19.3. The number of furan rings is 1. The van der Waals surface area contributed by atoms with Crippen LogP contribution in [-0.4, -0.2) is 32.4 Å². The lowest BCUT2D eigenvalue weighted by molar-refractivity contribution is -0.136. The molecule has 0 saturated heterocycles. The molecule has 0 unspecified atom stereocenters. The highest BCUT2D eigenvalue weighted by molar-refractivity contribution is 7.10. The van der Waals surface area contributed by atoms with Crippen LogP contribution in [0.4, 0.5) is 13.2 Å². The van der Waals surface area contributed by atoms with Crippen LogP contribution in [-0.2, 0) is 12.7 Å². The van der Waals surface area contributed by atoms with E-state index < -0.39 is 11.7 Å². The van der Waals surface area contributed by atoms with Gasteiger partial charge in [-0.3, -0.25) is 4.90 Å². The monoisotopic (exact) mass is 450 g/mol. The minimum atomic E-state index is -4.64. The van der Waals surface area contributed by atoms with Gasteiger partial charge in [-0.2, -0.15) is 13.2 Å². The molecule has 5 rings (SSSR count). The number of rotatable bonds is 4. The van der Waals surface area contributed by atoms with E-state index in [9.17, 15) is 13.2 Å². The van der Waals surface area contributed by atoms with Gasteiger partial charge >= 0.3 is 6.18 Å². The van der Waals surface area contributed by atoms with E-state index in [2.05, 4.69) is 20.9 Å². The molecule has 0 aliphatic carbocycles. The SMILES string of the molecule is FC(F)(F)c1c(Cl)c(-c2ccoc2)cn2cc(CN3CC=C(c4nccs4)C3)nc12. The number of imidazole rings is 1. The molecule has 0 N–H and O–H groups in total. The van der Waals surface area contributed by atoms with Crippen molar-refractivity contribution in [3.8, 4) is 11.1 Å². The molecule has 154 valence electrons. The summed E-state index contributed by atoms with van der Waals surface area (Å²) >= 11 is 7.75. The number of nitrogens with zero attached hydrogens (tertiary/aromatic N) is 4. The molecular formula is C20H14ClF3N4OS. The number of halogens is 4. The number of pyridine rings is 1. The Labute approximate surface area is 178 Å². The molecule has 4 aromatic rings. The summed E-state index contributed by atoms with van der Waals surface area (Å²) < 4.78 is 47.9. The van der Waals surface area contributed by atoms with Gasteiger partial charge in [-0.1, -0.05) is 17.7 Å². The normalized spacial score (nSPS) is 15.3. The number of hydrogen-bond donors (Lipinski definition) is 0.